The van der Waals surface area contributed by atoms with Crippen molar-refractivity contribution in [3.8, 4) is 11.5 Å². The summed E-state index contributed by atoms with van der Waals surface area (Å²) in [7, 11) is 0. The summed E-state index contributed by atoms with van der Waals surface area (Å²) in [6.07, 6.45) is 1.75. The highest BCUT2D eigenvalue weighted by Crippen LogP contribution is 2.29. The Morgan fingerprint density at radius 3 is 2.30 bits per heavy atom. The summed E-state index contributed by atoms with van der Waals surface area (Å²) in [6, 6.07) is 12.0. The topological polar surface area (TPSA) is 90.6 Å². The second-order valence-electron chi connectivity index (χ2n) is 6.11. The van der Waals surface area contributed by atoms with Crippen LogP contribution in [0.5, 0.6) is 11.5 Å². The van der Waals surface area contributed by atoms with Crippen molar-refractivity contribution in [3.05, 3.63) is 59.2 Å². The molecular weight excluding hydrogens is 344 g/mol. The van der Waals surface area contributed by atoms with Crippen LogP contribution >= 0.6 is 0 Å². The summed E-state index contributed by atoms with van der Waals surface area (Å²) in [5, 5.41) is 2.84. The van der Waals surface area contributed by atoms with E-state index in [1.165, 1.54) is 0 Å². The standard InChI is InChI=1S/C21H26N2O4/c1-3-10-26-18-9-8-17(13-19(18)27-11-4-2)21(25)23-14-15-6-5-7-16(12-15)20(22)24/h5-9,12-13H,3-4,10-11,14H2,1-2H3,(H2,22,24)(H,23,25). The van der Waals surface area contributed by atoms with E-state index >= 15 is 0 Å². The van der Waals surface area contributed by atoms with Gasteiger partial charge in [-0.2, -0.15) is 0 Å². The van der Waals surface area contributed by atoms with Gasteiger partial charge in [0.25, 0.3) is 5.91 Å². The van der Waals surface area contributed by atoms with Crippen LogP contribution in [0.3, 0.4) is 0 Å². The first-order valence-corrected chi connectivity index (χ1v) is 9.11. The molecule has 0 spiro atoms. The van der Waals surface area contributed by atoms with Crippen LogP contribution in [-0.4, -0.2) is 25.0 Å². The van der Waals surface area contributed by atoms with Crippen molar-refractivity contribution in [1.29, 1.82) is 0 Å². The van der Waals surface area contributed by atoms with Crippen LogP contribution in [0.2, 0.25) is 0 Å². The summed E-state index contributed by atoms with van der Waals surface area (Å²) in [5.41, 5.74) is 6.97. The predicted octanol–water partition coefficient (Wildman–Crippen LogP) is 3.29. The number of rotatable bonds is 10. The molecule has 0 aliphatic heterocycles. The molecule has 0 bridgehead atoms. The minimum Gasteiger partial charge on any atom is -0.490 e. The summed E-state index contributed by atoms with van der Waals surface area (Å²) in [6.45, 7) is 5.47. The third-order valence-corrected chi connectivity index (χ3v) is 3.79. The van der Waals surface area contributed by atoms with Gasteiger partial charge in [0.15, 0.2) is 11.5 Å². The Bertz CT molecular complexity index is 790. The zero-order chi connectivity index (χ0) is 19.6. The van der Waals surface area contributed by atoms with Crippen molar-refractivity contribution in [2.45, 2.75) is 33.2 Å². The highest BCUT2D eigenvalue weighted by atomic mass is 16.5. The van der Waals surface area contributed by atoms with Crippen molar-refractivity contribution in [1.82, 2.24) is 5.32 Å². The van der Waals surface area contributed by atoms with E-state index in [0.717, 1.165) is 18.4 Å². The minimum atomic E-state index is -0.497. The Kier molecular flexibility index (Phi) is 7.67. The second-order valence-corrected chi connectivity index (χ2v) is 6.11. The highest BCUT2D eigenvalue weighted by Gasteiger charge is 2.12. The molecular formula is C21H26N2O4. The summed E-state index contributed by atoms with van der Waals surface area (Å²) in [4.78, 5) is 23.7. The number of carbonyl (C=O) groups is 2. The average molecular weight is 370 g/mol. The van der Waals surface area contributed by atoms with Gasteiger partial charge in [0, 0.05) is 17.7 Å². The maximum Gasteiger partial charge on any atom is 0.251 e. The van der Waals surface area contributed by atoms with Crippen LogP contribution in [-0.2, 0) is 6.54 Å². The lowest BCUT2D eigenvalue weighted by Gasteiger charge is -2.14. The first-order chi connectivity index (χ1) is 13.0. The molecule has 6 nitrogen and oxygen atoms in total. The largest absolute Gasteiger partial charge is 0.490 e. The average Bonchev–Trinajstić information content (AvgIpc) is 2.69. The van der Waals surface area contributed by atoms with Crippen LogP contribution in [0.1, 0.15) is 53.0 Å². The molecule has 2 aromatic carbocycles. The maximum atomic E-state index is 12.5. The number of hydrogen-bond acceptors (Lipinski definition) is 4. The van der Waals surface area contributed by atoms with Crippen molar-refractivity contribution in [3.63, 3.8) is 0 Å². The Hall–Kier alpha value is -3.02. The van der Waals surface area contributed by atoms with E-state index in [-0.39, 0.29) is 5.91 Å². The fourth-order valence-corrected chi connectivity index (χ4v) is 2.42. The molecule has 3 N–H and O–H groups in total. The van der Waals surface area contributed by atoms with E-state index < -0.39 is 5.91 Å². The van der Waals surface area contributed by atoms with Gasteiger partial charge in [-0.15, -0.1) is 0 Å². The van der Waals surface area contributed by atoms with Crippen molar-refractivity contribution in [2.24, 2.45) is 5.73 Å². The molecule has 6 heteroatoms. The van der Waals surface area contributed by atoms with Gasteiger partial charge in [0.2, 0.25) is 5.91 Å². The van der Waals surface area contributed by atoms with Crippen molar-refractivity contribution < 1.29 is 19.1 Å². The van der Waals surface area contributed by atoms with Gasteiger partial charge in [-0.25, -0.2) is 0 Å². The van der Waals surface area contributed by atoms with Gasteiger partial charge in [-0.3, -0.25) is 9.59 Å². The molecule has 0 heterocycles. The molecule has 0 saturated heterocycles. The van der Waals surface area contributed by atoms with E-state index in [0.29, 0.717) is 42.4 Å². The Morgan fingerprint density at radius 2 is 1.63 bits per heavy atom. The summed E-state index contributed by atoms with van der Waals surface area (Å²) >= 11 is 0. The molecule has 0 fully saturated rings. The molecule has 2 aromatic rings. The van der Waals surface area contributed by atoms with Crippen molar-refractivity contribution in [2.75, 3.05) is 13.2 Å². The second kappa shape index (κ2) is 10.2. The Balaban J connectivity index is 2.08. The van der Waals surface area contributed by atoms with Gasteiger partial charge in [-0.1, -0.05) is 26.0 Å². The quantitative estimate of drug-likeness (QED) is 0.671. The lowest BCUT2D eigenvalue weighted by molar-refractivity contribution is 0.0949. The first-order valence-electron chi connectivity index (χ1n) is 9.11. The fourth-order valence-electron chi connectivity index (χ4n) is 2.42. The molecule has 27 heavy (non-hydrogen) atoms. The number of carbonyl (C=O) groups excluding carboxylic acids is 2. The van der Waals surface area contributed by atoms with E-state index in [4.69, 9.17) is 15.2 Å². The van der Waals surface area contributed by atoms with E-state index in [1.54, 1.807) is 36.4 Å². The molecule has 144 valence electrons. The minimum absolute atomic E-state index is 0.233. The molecule has 0 aliphatic carbocycles. The SMILES string of the molecule is CCCOc1ccc(C(=O)NCc2cccc(C(N)=O)c2)cc1OCCC. The number of benzene rings is 2. The normalized spacial score (nSPS) is 10.3. The smallest absolute Gasteiger partial charge is 0.251 e. The number of ether oxygens (including phenoxy) is 2. The molecule has 2 rings (SSSR count). The molecule has 0 aliphatic rings. The molecule has 2 amide bonds. The summed E-state index contributed by atoms with van der Waals surface area (Å²) in [5.74, 6) is 0.469. The van der Waals surface area contributed by atoms with Gasteiger partial charge in [0.1, 0.15) is 0 Å². The van der Waals surface area contributed by atoms with Crippen LogP contribution < -0.4 is 20.5 Å². The molecule has 0 unspecified atom stereocenters. The summed E-state index contributed by atoms with van der Waals surface area (Å²) < 4.78 is 11.4. The lowest BCUT2D eigenvalue weighted by atomic mass is 10.1. The maximum absolute atomic E-state index is 12.5. The van der Waals surface area contributed by atoms with Crippen molar-refractivity contribution >= 4 is 11.8 Å². The third kappa shape index (κ3) is 6.02. The van der Waals surface area contributed by atoms with Crippen LogP contribution in [0, 0.1) is 0 Å². The third-order valence-electron chi connectivity index (χ3n) is 3.79. The van der Waals surface area contributed by atoms with Crippen LogP contribution in [0.15, 0.2) is 42.5 Å². The lowest BCUT2D eigenvalue weighted by Crippen LogP contribution is -2.23. The van der Waals surface area contributed by atoms with E-state index in [9.17, 15) is 9.59 Å². The molecule has 0 aromatic heterocycles. The van der Waals surface area contributed by atoms with Crippen LogP contribution in [0.25, 0.3) is 0 Å². The number of amides is 2. The Labute approximate surface area is 159 Å². The zero-order valence-electron chi connectivity index (χ0n) is 15.8. The number of nitrogens with two attached hydrogens (primary N) is 1. The fraction of sp³-hybridized carbons (Fsp3) is 0.333. The van der Waals surface area contributed by atoms with Gasteiger partial charge < -0.3 is 20.5 Å². The predicted molar refractivity (Wildman–Crippen MR) is 104 cm³/mol. The number of hydrogen-bond donors (Lipinski definition) is 2. The number of primary amides is 1. The molecule has 0 atom stereocenters. The van der Waals surface area contributed by atoms with E-state index in [1.807, 2.05) is 19.9 Å². The number of nitrogens with one attached hydrogen (secondary N) is 1. The monoisotopic (exact) mass is 370 g/mol. The van der Waals surface area contributed by atoms with Gasteiger partial charge in [-0.05, 0) is 48.7 Å². The molecule has 0 saturated carbocycles. The van der Waals surface area contributed by atoms with Crippen LogP contribution in [0.4, 0.5) is 0 Å². The Morgan fingerprint density at radius 1 is 0.926 bits per heavy atom. The first kappa shape index (κ1) is 20.3. The van der Waals surface area contributed by atoms with Gasteiger partial charge in [0.05, 0.1) is 13.2 Å². The molecule has 0 radical (unpaired) electrons. The highest BCUT2D eigenvalue weighted by molar-refractivity contribution is 5.95. The van der Waals surface area contributed by atoms with E-state index in [2.05, 4.69) is 5.32 Å². The zero-order valence-corrected chi connectivity index (χ0v) is 15.8. The van der Waals surface area contributed by atoms with Gasteiger partial charge >= 0.3 is 0 Å².